The van der Waals surface area contributed by atoms with Crippen molar-refractivity contribution in [2.24, 2.45) is 5.92 Å². The molecule has 0 saturated carbocycles. The predicted octanol–water partition coefficient (Wildman–Crippen LogP) is 2.68. The van der Waals surface area contributed by atoms with Crippen LogP contribution in [0, 0.1) is 5.92 Å². The molecule has 0 aliphatic rings. The zero-order valence-electron chi connectivity index (χ0n) is 24.0. The lowest BCUT2D eigenvalue weighted by atomic mass is 9.97. The highest BCUT2D eigenvalue weighted by Gasteiger charge is 2.31. The Labute approximate surface area is 258 Å². The summed E-state index contributed by atoms with van der Waals surface area (Å²) in [5.74, 6) is -5.82. The first-order valence-corrected chi connectivity index (χ1v) is 14.3. The summed E-state index contributed by atoms with van der Waals surface area (Å²) in [6.45, 7) is 2.01. The van der Waals surface area contributed by atoms with Gasteiger partial charge in [-0.2, -0.15) is 0 Å². The highest BCUT2D eigenvalue weighted by Crippen LogP contribution is 2.21. The van der Waals surface area contributed by atoms with Crippen LogP contribution in [0.2, 0.25) is 5.15 Å². The number of nitrogens with zero attached hydrogens (tertiary/aromatic N) is 2. The number of hydrogen-bond donors (Lipinski definition) is 6. The number of aromatic carboxylic acids is 1. The number of halogens is 1. The molecule has 3 aromatic rings. The van der Waals surface area contributed by atoms with E-state index in [0.717, 1.165) is 12.8 Å². The Morgan fingerprint density at radius 3 is 2.23 bits per heavy atom. The fourth-order valence-electron chi connectivity index (χ4n) is 4.49. The lowest BCUT2D eigenvalue weighted by molar-refractivity contribution is -0.146. The quantitative estimate of drug-likeness (QED) is 0.0784. The summed E-state index contributed by atoms with van der Waals surface area (Å²) in [4.78, 5) is 65.9. The summed E-state index contributed by atoms with van der Waals surface area (Å²) in [6, 6.07) is 13.3. The van der Waals surface area contributed by atoms with E-state index < -0.39 is 41.6 Å². The topological polar surface area (TPSA) is 200 Å². The number of unbranched alkanes of at least 4 members (excludes halogenated alkanes) is 1. The molecule has 0 fully saturated rings. The zero-order valence-corrected chi connectivity index (χ0v) is 24.7. The maximum atomic E-state index is 13.3. The van der Waals surface area contributed by atoms with Gasteiger partial charge in [0.2, 0.25) is 5.91 Å². The molecule has 0 bridgehead atoms. The standard InChI is InChI=1S/C30H34ClN5O8/c1-2-3-9-23-34-25(31)24(36(23)17-19-10-12-20(13-11-19)29(40)41)28(39)32-15-14-22(30(42)43)33-26(37)21(27(38)35-44)16-18-7-5-4-6-8-18/h4-8,10-13,21-22,44H,2-3,9,14-17H2,1H3,(H,32,39)(H,33,37)(H,35,38)(H,40,41)(H,42,43)/t21?,22-/m0/s1. The lowest BCUT2D eigenvalue weighted by Crippen LogP contribution is -2.49. The number of carbonyl (C=O) groups excluding carboxylic acids is 3. The predicted molar refractivity (Wildman–Crippen MR) is 158 cm³/mol. The molecule has 3 rings (SSSR count). The van der Waals surface area contributed by atoms with Crippen LogP contribution in [0.4, 0.5) is 0 Å². The van der Waals surface area contributed by atoms with Gasteiger partial charge in [0.15, 0.2) is 5.15 Å². The normalized spacial score (nSPS) is 12.2. The minimum Gasteiger partial charge on any atom is -0.480 e. The summed E-state index contributed by atoms with van der Waals surface area (Å²) in [5, 5.41) is 32.9. The van der Waals surface area contributed by atoms with Gasteiger partial charge in [0.05, 0.1) is 5.56 Å². The summed E-state index contributed by atoms with van der Waals surface area (Å²) in [6.07, 6.45) is 1.88. The number of amides is 3. The lowest BCUT2D eigenvalue weighted by Gasteiger charge is -2.19. The Kier molecular flexibility index (Phi) is 12.4. The van der Waals surface area contributed by atoms with Crippen molar-refractivity contribution in [2.45, 2.75) is 51.6 Å². The Balaban J connectivity index is 1.72. The van der Waals surface area contributed by atoms with Crippen LogP contribution in [0.3, 0.4) is 0 Å². The molecular formula is C30H34ClN5O8. The molecule has 0 aliphatic carbocycles. The molecule has 6 N–H and O–H groups in total. The molecular weight excluding hydrogens is 594 g/mol. The molecule has 1 unspecified atom stereocenters. The van der Waals surface area contributed by atoms with Gasteiger partial charge >= 0.3 is 11.9 Å². The molecule has 2 atom stereocenters. The number of aliphatic carboxylic acids is 1. The number of aromatic nitrogens is 2. The molecule has 0 spiro atoms. The largest absolute Gasteiger partial charge is 0.480 e. The number of benzene rings is 2. The average molecular weight is 628 g/mol. The Hall–Kier alpha value is -4.75. The second-order valence-corrected chi connectivity index (χ2v) is 10.4. The summed E-state index contributed by atoms with van der Waals surface area (Å²) in [5.41, 5.74) is 2.95. The van der Waals surface area contributed by atoms with Crippen LogP contribution in [-0.2, 0) is 33.8 Å². The van der Waals surface area contributed by atoms with Crippen molar-refractivity contribution in [1.82, 2.24) is 25.7 Å². The number of carboxylic acid groups (broad SMARTS) is 2. The fourth-order valence-corrected chi connectivity index (χ4v) is 4.78. The first kappa shape index (κ1) is 33.7. The highest BCUT2D eigenvalue weighted by molar-refractivity contribution is 6.32. The van der Waals surface area contributed by atoms with E-state index in [1.165, 1.54) is 17.6 Å². The van der Waals surface area contributed by atoms with Crippen molar-refractivity contribution in [2.75, 3.05) is 6.54 Å². The van der Waals surface area contributed by atoms with Gasteiger partial charge in [-0.05, 0) is 42.5 Å². The van der Waals surface area contributed by atoms with Gasteiger partial charge in [-0.3, -0.25) is 19.6 Å². The van der Waals surface area contributed by atoms with Gasteiger partial charge in [0.25, 0.3) is 11.8 Å². The molecule has 1 heterocycles. The van der Waals surface area contributed by atoms with E-state index in [0.29, 0.717) is 23.4 Å². The van der Waals surface area contributed by atoms with E-state index in [4.69, 9.17) is 16.8 Å². The van der Waals surface area contributed by atoms with Gasteiger partial charge in [0.1, 0.15) is 23.5 Å². The second kappa shape index (κ2) is 16.2. The molecule has 234 valence electrons. The van der Waals surface area contributed by atoms with Gasteiger partial charge in [-0.25, -0.2) is 20.1 Å². The minimum atomic E-state index is -1.46. The maximum absolute atomic E-state index is 13.3. The molecule has 2 aromatic carbocycles. The summed E-state index contributed by atoms with van der Waals surface area (Å²) < 4.78 is 1.64. The minimum absolute atomic E-state index is 0.0439. The molecule has 0 saturated heterocycles. The third-order valence-electron chi connectivity index (χ3n) is 6.87. The van der Waals surface area contributed by atoms with Crippen LogP contribution in [0.15, 0.2) is 54.6 Å². The zero-order chi connectivity index (χ0) is 32.2. The smallest absolute Gasteiger partial charge is 0.335 e. The Morgan fingerprint density at radius 1 is 0.955 bits per heavy atom. The molecule has 0 aliphatic heterocycles. The number of carbonyl (C=O) groups is 5. The van der Waals surface area contributed by atoms with Crippen LogP contribution in [0.25, 0.3) is 0 Å². The van der Waals surface area contributed by atoms with Crippen LogP contribution < -0.4 is 16.1 Å². The van der Waals surface area contributed by atoms with E-state index in [-0.39, 0.29) is 42.3 Å². The van der Waals surface area contributed by atoms with E-state index in [1.54, 1.807) is 47.0 Å². The number of carboxylic acids is 2. The highest BCUT2D eigenvalue weighted by atomic mass is 35.5. The van der Waals surface area contributed by atoms with Crippen molar-refractivity contribution in [1.29, 1.82) is 0 Å². The van der Waals surface area contributed by atoms with Crippen molar-refractivity contribution >= 4 is 41.3 Å². The Bertz CT molecular complexity index is 1480. The van der Waals surface area contributed by atoms with Crippen molar-refractivity contribution < 1.29 is 39.4 Å². The van der Waals surface area contributed by atoms with E-state index in [2.05, 4.69) is 15.6 Å². The fraction of sp³-hybridized carbons (Fsp3) is 0.333. The molecule has 3 amide bonds. The number of hydroxylamine groups is 1. The number of rotatable bonds is 16. The summed E-state index contributed by atoms with van der Waals surface area (Å²) >= 11 is 6.38. The third kappa shape index (κ3) is 9.12. The Morgan fingerprint density at radius 2 is 1.64 bits per heavy atom. The molecule has 13 nitrogen and oxygen atoms in total. The number of hydrogen-bond acceptors (Lipinski definition) is 7. The van der Waals surface area contributed by atoms with Gasteiger partial charge in [0, 0.05) is 19.5 Å². The molecule has 44 heavy (non-hydrogen) atoms. The SMILES string of the molecule is CCCCc1nc(Cl)c(C(=O)NCC[C@H](NC(=O)C(Cc2ccccc2)C(=O)NO)C(=O)O)n1Cc1ccc(C(=O)O)cc1. The molecule has 1 aromatic heterocycles. The van der Waals surface area contributed by atoms with Crippen LogP contribution >= 0.6 is 11.6 Å². The van der Waals surface area contributed by atoms with E-state index in [9.17, 15) is 34.2 Å². The van der Waals surface area contributed by atoms with E-state index >= 15 is 0 Å². The second-order valence-electron chi connectivity index (χ2n) is 10.0. The molecule has 14 heteroatoms. The van der Waals surface area contributed by atoms with Crippen LogP contribution in [0.1, 0.15) is 64.0 Å². The average Bonchev–Trinajstić information content (AvgIpc) is 3.32. The number of aryl methyl sites for hydroxylation is 1. The monoisotopic (exact) mass is 627 g/mol. The van der Waals surface area contributed by atoms with Gasteiger partial charge in [-0.15, -0.1) is 0 Å². The first-order valence-electron chi connectivity index (χ1n) is 13.9. The first-order chi connectivity index (χ1) is 21.0. The van der Waals surface area contributed by atoms with Crippen molar-refractivity contribution in [3.63, 3.8) is 0 Å². The molecule has 0 radical (unpaired) electrons. The third-order valence-corrected chi connectivity index (χ3v) is 7.14. The maximum Gasteiger partial charge on any atom is 0.335 e. The number of imidazole rings is 1. The van der Waals surface area contributed by atoms with E-state index in [1.807, 2.05) is 6.92 Å². The van der Waals surface area contributed by atoms with Gasteiger partial charge < -0.3 is 25.4 Å². The van der Waals surface area contributed by atoms with Crippen molar-refractivity contribution in [3.8, 4) is 0 Å². The van der Waals surface area contributed by atoms with Crippen LogP contribution in [-0.4, -0.2) is 67.2 Å². The van der Waals surface area contributed by atoms with Crippen molar-refractivity contribution in [3.05, 3.63) is 88.0 Å². The van der Waals surface area contributed by atoms with Gasteiger partial charge in [-0.1, -0.05) is 67.4 Å². The summed E-state index contributed by atoms with van der Waals surface area (Å²) in [7, 11) is 0. The van der Waals surface area contributed by atoms with Crippen LogP contribution in [0.5, 0.6) is 0 Å². The number of nitrogens with one attached hydrogen (secondary N) is 3.